The van der Waals surface area contributed by atoms with Crippen LogP contribution in [-0.2, 0) is 10.1 Å². The zero-order chi connectivity index (χ0) is 17.9. The third kappa shape index (κ3) is 3.84. The number of carbonyl (C=O) groups is 1. The highest BCUT2D eigenvalue weighted by Crippen LogP contribution is 2.15. The molecule has 1 aromatic carbocycles. The maximum absolute atomic E-state index is 12.1. The van der Waals surface area contributed by atoms with Gasteiger partial charge in [-0.1, -0.05) is 13.3 Å². The number of urea groups is 1. The lowest BCUT2D eigenvalue weighted by molar-refractivity contribution is 0.253. The largest absolute Gasteiger partial charge is 0.351 e. The summed E-state index contributed by atoms with van der Waals surface area (Å²) in [5.74, 6) is 0.250. The average Bonchev–Trinajstić information content (AvgIpc) is 2.88. The standard InChI is InChI=1S/C14H18N4O5S/c1-2-3-8-17(14(15)20)12-9-13(19)18(16-12)10-4-6-11(7-5-10)24(21,22)23/h4-7,9,16H,2-3,8H2,1H3,(H2,15,20)(H,21,22,23). The lowest BCUT2D eigenvalue weighted by atomic mass is 10.3. The Morgan fingerprint density at radius 3 is 2.46 bits per heavy atom. The number of nitrogens with two attached hydrogens (primary N) is 1. The molecule has 0 aliphatic carbocycles. The predicted molar refractivity (Wildman–Crippen MR) is 88.0 cm³/mol. The first-order chi connectivity index (χ1) is 11.2. The van der Waals surface area contributed by atoms with Crippen molar-refractivity contribution >= 4 is 22.0 Å². The van der Waals surface area contributed by atoms with Gasteiger partial charge in [0.2, 0.25) is 0 Å². The molecule has 0 saturated heterocycles. The Morgan fingerprint density at radius 2 is 1.96 bits per heavy atom. The number of unbranched alkanes of at least 4 members (excludes halogenated alkanes) is 1. The molecule has 9 nitrogen and oxygen atoms in total. The van der Waals surface area contributed by atoms with Crippen LogP contribution >= 0.6 is 0 Å². The van der Waals surface area contributed by atoms with E-state index in [9.17, 15) is 18.0 Å². The highest BCUT2D eigenvalue weighted by atomic mass is 32.2. The minimum Gasteiger partial charge on any atom is -0.351 e. The molecule has 2 rings (SSSR count). The highest BCUT2D eigenvalue weighted by Gasteiger charge is 2.16. The van der Waals surface area contributed by atoms with Gasteiger partial charge in [0.15, 0.2) is 0 Å². The molecular formula is C14H18N4O5S. The van der Waals surface area contributed by atoms with Crippen molar-refractivity contribution in [3.05, 3.63) is 40.7 Å². The molecule has 0 fully saturated rings. The fraction of sp³-hybridized carbons (Fsp3) is 0.286. The number of nitrogens with one attached hydrogen (secondary N) is 1. The summed E-state index contributed by atoms with van der Waals surface area (Å²) in [4.78, 5) is 24.6. The lowest BCUT2D eigenvalue weighted by Crippen LogP contribution is -2.36. The van der Waals surface area contributed by atoms with Crippen LogP contribution in [0.3, 0.4) is 0 Å². The van der Waals surface area contributed by atoms with Gasteiger partial charge in [0, 0.05) is 12.6 Å². The number of aromatic amines is 1. The zero-order valence-corrected chi connectivity index (χ0v) is 13.8. The Labute approximate surface area is 138 Å². The number of aromatic nitrogens is 2. The number of anilines is 1. The average molecular weight is 354 g/mol. The molecule has 0 radical (unpaired) electrons. The van der Waals surface area contributed by atoms with Gasteiger partial charge in [-0.15, -0.1) is 0 Å². The van der Waals surface area contributed by atoms with Crippen molar-refractivity contribution < 1.29 is 17.8 Å². The van der Waals surface area contributed by atoms with Crippen LogP contribution in [0, 0.1) is 0 Å². The van der Waals surface area contributed by atoms with Gasteiger partial charge in [-0.3, -0.25) is 19.3 Å². The number of H-pyrrole nitrogens is 1. The van der Waals surface area contributed by atoms with Crippen molar-refractivity contribution in [3.63, 3.8) is 0 Å². The van der Waals surface area contributed by atoms with E-state index in [1.807, 2.05) is 6.92 Å². The normalized spacial score (nSPS) is 11.4. The lowest BCUT2D eigenvalue weighted by Gasteiger charge is -2.17. The second kappa shape index (κ2) is 6.89. The first-order valence-corrected chi connectivity index (χ1v) is 8.65. The molecule has 0 aliphatic heterocycles. The molecule has 0 spiro atoms. The maximum atomic E-state index is 12.1. The third-order valence-corrected chi connectivity index (χ3v) is 4.26. The van der Waals surface area contributed by atoms with Gasteiger partial charge >= 0.3 is 6.03 Å². The van der Waals surface area contributed by atoms with E-state index in [1.165, 1.54) is 35.2 Å². The fourth-order valence-corrected chi connectivity index (χ4v) is 2.63. The van der Waals surface area contributed by atoms with E-state index in [0.717, 1.165) is 17.5 Å². The third-order valence-electron chi connectivity index (χ3n) is 3.39. The highest BCUT2D eigenvalue weighted by molar-refractivity contribution is 7.85. The molecule has 1 heterocycles. The Morgan fingerprint density at radius 1 is 1.33 bits per heavy atom. The van der Waals surface area contributed by atoms with Gasteiger partial charge in [0.05, 0.1) is 10.6 Å². The van der Waals surface area contributed by atoms with Crippen LogP contribution in [0.5, 0.6) is 0 Å². The zero-order valence-electron chi connectivity index (χ0n) is 13.0. The molecule has 130 valence electrons. The van der Waals surface area contributed by atoms with E-state index in [-0.39, 0.29) is 10.7 Å². The molecule has 24 heavy (non-hydrogen) atoms. The number of primary amides is 1. The number of hydrogen-bond acceptors (Lipinski definition) is 4. The van der Waals surface area contributed by atoms with Gasteiger partial charge in [0.1, 0.15) is 5.82 Å². The van der Waals surface area contributed by atoms with Crippen LogP contribution in [0.25, 0.3) is 5.69 Å². The summed E-state index contributed by atoms with van der Waals surface area (Å²) in [6.07, 6.45) is 1.57. The Kier molecular flexibility index (Phi) is 5.10. The van der Waals surface area contributed by atoms with E-state index in [4.69, 9.17) is 10.3 Å². The summed E-state index contributed by atoms with van der Waals surface area (Å²) in [5.41, 5.74) is 5.24. The summed E-state index contributed by atoms with van der Waals surface area (Å²) < 4.78 is 32.2. The predicted octanol–water partition coefficient (Wildman–Crippen LogP) is 1.10. The molecule has 0 unspecified atom stereocenters. The molecular weight excluding hydrogens is 336 g/mol. The van der Waals surface area contributed by atoms with E-state index >= 15 is 0 Å². The van der Waals surface area contributed by atoms with E-state index in [0.29, 0.717) is 12.2 Å². The topological polar surface area (TPSA) is 138 Å². The quantitative estimate of drug-likeness (QED) is 0.667. The van der Waals surface area contributed by atoms with Crippen LogP contribution in [0.2, 0.25) is 0 Å². The molecule has 2 aromatic rings. The van der Waals surface area contributed by atoms with Crippen molar-refractivity contribution in [2.45, 2.75) is 24.7 Å². The van der Waals surface area contributed by atoms with Crippen molar-refractivity contribution in [1.29, 1.82) is 0 Å². The number of rotatable bonds is 6. The summed E-state index contributed by atoms with van der Waals surface area (Å²) in [6.45, 7) is 2.33. The van der Waals surface area contributed by atoms with Crippen molar-refractivity contribution in [1.82, 2.24) is 9.78 Å². The number of benzene rings is 1. The van der Waals surface area contributed by atoms with Gasteiger partial charge in [0.25, 0.3) is 15.7 Å². The number of nitrogens with zero attached hydrogens (tertiary/aromatic N) is 2. The molecule has 1 aromatic heterocycles. The Balaban J connectivity index is 2.37. The van der Waals surface area contributed by atoms with Gasteiger partial charge in [-0.25, -0.2) is 9.48 Å². The van der Waals surface area contributed by atoms with Crippen molar-refractivity contribution in [2.75, 3.05) is 11.4 Å². The van der Waals surface area contributed by atoms with Crippen LogP contribution in [0.15, 0.2) is 40.0 Å². The summed E-state index contributed by atoms with van der Waals surface area (Å²) >= 11 is 0. The Bertz CT molecular complexity index is 883. The maximum Gasteiger partial charge on any atom is 0.320 e. The Hall–Kier alpha value is -2.59. The second-order valence-electron chi connectivity index (χ2n) is 5.13. The molecule has 0 aliphatic rings. The minimum atomic E-state index is -4.31. The number of hydrogen-bond donors (Lipinski definition) is 3. The van der Waals surface area contributed by atoms with E-state index in [1.54, 1.807) is 0 Å². The van der Waals surface area contributed by atoms with Crippen molar-refractivity contribution in [3.8, 4) is 5.69 Å². The van der Waals surface area contributed by atoms with Crippen LogP contribution in [-0.4, -0.2) is 35.3 Å². The van der Waals surface area contributed by atoms with Crippen molar-refractivity contribution in [2.24, 2.45) is 5.73 Å². The number of carbonyl (C=O) groups excluding carboxylic acids is 1. The first kappa shape index (κ1) is 17.8. The first-order valence-electron chi connectivity index (χ1n) is 7.21. The monoisotopic (exact) mass is 354 g/mol. The molecule has 10 heteroatoms. The molecule has 2 amide bonds. The van der Waals surface area contributed by atoms with Gasteiger partial charge in [-0.2, -0.15) is 8.42 Å². The summed E-state index contributed by atoms with van der Waals surface area (Å²) in [6, 6.07) is 5.59. The van der Waals surface area contributed by atoms with Gasteiger partial charge < -0.3 is 5.73 Å². The molecule has 4 N–H and O–H groups in total. The molecule has 0 bridgehead atoms. The minimum absolute atomic E-state index is 0.250. The molecule has 0 atom stereocenters. The SMILES string of the molecule is CCCCN(C(N)=O)c1cc(=O)n(-c2ccc(S(=O)(=O)O)cc2)[nH]1. The van der Waals surface area contributed by atoms with Crippen LogP contribution in [0.1, 0.15) is 19.8 Å². The number of amides is 2. The van der Waals surface area contributed by atoms with E-state index < -0.39 is 21.7 Å². The van der Waals surface area contributed by atoms with E-state index in [2.05, 4.69) is 5.10 Å². The van der Waals surface area contributed by atoms with Gasteiger partial charge in [-0.05, 0) is 30.7 Å². The summed E-state index contributed by atoms with van der Waals surface area (Å²) in [5, 5.41) is 2.76. The fourth-order valence-electron chi connectivity index (χ4n) is 2.15. The van der Waals surface area contributed by atoms with Crippen LogP contribution < -0.4 is 16.2 Å². The van der Waals surface area contributed by atoms with Crippen LogP contribution in [0.4, 0.5) is 10.6 Å². The summed E-state index contributed by atoms with van der Waals surface area (Å²) in [7, 11) is -4.31. The molecule has 0 saturated carbocycles. The smallest absolute Gasteiger partial charge is 0.320 e. The second-order valence-corrected chi connectivity index (χ2v) is 6.55.